The number of carbonyl (C=O) groups is 1. The highest BCUT2D eigenvalue weighted by Crippen LogP contribution is 2.15. The number of nitrogens with two attached hydrogens (primary N) is 1. The molecular weight excluding hydrogens is 236 g/mol. The van der Waals surface area contributed by atoms with Crippen LogP contribution in [0.5, 0.6) is 0 Å². The minimum atomic E-state index is -0.557. The Balaban J connectivity index is 2.80. The summed E-state index contributed by atoms with van der Waals surface area (Å²) in [6.07, 6.45) is 0. The Morgan fingerprint density at radius 2 is 1.53 bits per heavy atom. The van der Waals surface area contributed by atoms with Crippen LogP contribution in [0.4, 0.5) is 0 Å². The van der Waals surface area contributed by atoms with E-state index in [9.17, 15) is 4.79 Å². The van der Waals surface area contributed by atoms with Crippen molar-refractivity contribution >= 4 is 5.91 Å². The van der Waals surface area contributed by atoms with Gasteiger partial charge in [-0.15, -0.1) is 0 Å². The van der Waals surface area contributed by atoms with E-state index in [1.165, 1.54) is 0 Å². The van der Waals surface area contributed by atoms with E-state index in [0.29, 0.717) is 11.8 Å². The Morgan fingerprint density at radius 3 is 1.95 bits per heavy atom. The summed E-state index contributed by atoms with van der Waals surface area (Å²) in [5, 5.41) is 0. The van der Waals surface area contributed by atoms with Gasteiger partial charge >= 0.3 is 0 Å². The molecule has 0 aliphatic carbocycles. The predicted octanol–water partition coefficient (Wildman–Crippen LogP) is 2.83. The number of rotatable bonds is 6. The Bertz CT molecular complexity index is 377. The number of nitrogens with zero attached hydrogens (tertiary/aromatic N) is 1. The zero-order valence-electron chi connectivity index (χ0n) is 12.5. The summed E-state index contributed by atoms with van der Waals surface area (Å²) >= 11 is 0. The molecular formula is C16H26N2O. The van der Waals surface area contributed by atoms with E-state index in [-0.39, 0.29) is 5.91 Å². The van der Waals surface area contributed by atoms with Crippen LogP contribution in [0.15, 0.2) is 30.3 Å². The van der Waals surface area contributed by atoms with E-state index in [0.717, 1.165) is 18.7 Å². The lowest BCUT2D eigenvalue weighted by Gasteiger charge is -2.29. The second-order valence-electron chi connectivity index (χ2n) is 5.92. The fourth-order valence-electron chi connectivity index (χ4n) is 2.14. The molecule has 3 heteroatoms. The molecule has 1 unspecified atom stereocenters. The molecule has 2 N–H and O–H groups in total. The number of hydrogen-bond acceptors (Lipinski definition) is 2. The fourth-order valence-corrected chi connectivity index (χ4v) is 2.14. The van der Waals surface area contributed by atoms with Gasteiger partial charge in [-0.1, -0.05) is 58.0 Å². The van der Waals surface area contributed by atoms with E-state index >= 15 is 0 Å². The molecule has 0 fully saturated rings. The zero-order valence-corrected chi connectivity index (χ0v) is 12.5. The van der Waals surface area contributed by atoms with Gasteiger partial charge in [0.15, 0.2) is 0 Å². The maximum absolute atomic E-state index is 12.5. The molecule has 1 aromatic rings. The molecule has 0 heterocycles. The third kappa shape index (κ3) is 5.03. The average Bonchev–Trinajstić information content (AvgIpc) is 2.36. The van der Waals surface area contributed by atoms with Gasteiger partial charge in [-0.25, -0.2) is 0 Å². The second-order valence-corrected chi connectivity index (χ2v) is 5.92. The van der Waals surface area contributed by atoms with Gasteiger partial charge in [-0.2, -0.15) is 0 Å². The monoisotopic (exact) mass is 262 g/mol. The van der Waals surface area contributed by atoms with Crippen LogP contribution in [0, 0.1) is 11.8 Å². The van der Waals surface area contributed by atoms with Gasteiger partial charge < -0.3 is 10.6 Å². The molecule has 1 atom stereocenters. The van der Waals surface area contributed by atoms with Gasteiger partial charge in [-0.05, 0) is 17.4 Å². The lowest BCUT2D eigenvalue weighted by atomic mass is 10.0. The maximum atomic E-state index is 12.5. The smallest absolute Gasteiger partial charge is 0.244 e. The summed E-state index contributed by atoms with van der Waals surface area (Å²) in [6.45, 7) is 10.0. The first-order chi connectivity index (χ1) is 8.91. The Morgan fingerprint density at radius 1 is 1.05 bits per heavy atom. The van der Waals surface area contributed by atoms with Gasteiger partial charge in [0.05, 0.1) is 0 Å². The van der Waals surface area contributed by atoms with Gasteiger partial charge in [0.2, 0.25) is 5.91 Å². The number of carbonyl (C=O) groups excluding carboxylic acids is 1. The third-order valence-electron chi connectivity index (χ3n) is 2.91. The van der Waals surface area contributed by atoms with Gasteiger partial charge in [-0.3, -0.25) is 4.79 Å². The largest absolute Gasteiger partial charge is 0.341 e. The summed E-state index contributed by atoms with van der Waals surface area (Å²) in [5.41, 5.74) is 6.98. The van der Waals surface area contributed by atoms with Crippen molar-refractivity contribution in [1.29, 1.82) is 0 Å². The summed E-state index contributed by atoms with van der Waals surface area (Å²) < 4.78 is 0. The van der Waals surface area contributed by atoms with E-state index in [4.69, 9.17) is 5.73 Å². The summed E-state index contributed by atoms with van der Waals surface area (Å²) in [6, 6.07) is 9.02. The van der Waals surface area contributed by atoms with E-state index < -0.39 is 6.04 Å². The third-order valence-corrected chi connectivity index (χ3v) is 2.91. The standard InChI is InChI=1S/C16H26N2O/c1-12(2)10-18(11-13(3)4)16(19)15(17)14-8-6-5-7-9-14/h5-9,12-13,15H,10-11,17H2,1-4H3. The number of benzene rings is 1. The maximum Gasteiger partial charge on any atom is 0.244 e. The van der Waals surface area contributed by atoms with Crippen LogP contribution in [0.3, 0.4) is 0 Å². The van der Waals surface area contributed by atoms with Crippen molar-refractivity contribution in [2.24, 2.45) is 17.6 Å². The van der Waals surface area contributed by atoms with E-state index in [1.54, 1.807) is 0 Å². The van der Waals surface area contributed by atoms with Crippen molar-refractivity contribution in [1.82, 2.24) is 4.90 Å². The van der Waals surface area contributed by atoms with Crippen LogP contribution < -0.4 is 5.73 Å². The molecule has 19 heavy (non-hydrogen) atoms. The molecule has 0 spiro atoms. The molecule has 1 aromatic carbocycles. The van der Waals surface area contributed by atoms with Gasteiger partial charge in [0.1, 0.15) is 6.04 Å². The van der Waals surface area contributed by atoms with Crippen molar-refractivity contribution in [2.45, 2.75) is 33.7 Å². The van der Waals surface area contributed by atoms with Crippen LogP contribution >= 0.6 is 0 Å². The molecule has 1 rings (SSSR count). The van der Waals surface area contributed by atoms with Crippen LogP contribution in [0.2, 0.25) is 0 Å². The van der Waals surface area contributed by atoms with Crippen LogP contribution in [0.25, 0.3) is 0 Å². The topological polar surface area (TPSA) is 46.3 Å². The highest BCUT2D eigenvalue weighted by molar-refractivity contribution is 5.83. The summed E-state index contributed by atoms with van der Waals surface area (Å²) in [5.74, 6) is 0.921. The first kappa shape index (κ1) is 15.7. The van der Waals surface area contributed by atoms with Crippen molar-refractivity contribution in [2.75, 3.05) is 13.1 Å². The van der Waals surface area contributed by atoms with Crippen molar-refractivity contribution in [3.8, 4) is 0 Å². The van der Waals surface area contributed by atoms with Crippen molar-refractivity contribution in [3.63, 3.8) is 0 Å². The van der Waals surface area contributed by atoms with E-state index in [2.05, 4.69) is 27.7 Å². The highest BCUT2D eigenvalue weighted by atomic mass is 16.2. The molecule has 0 saturated carbocycles. The molecule has 1 amide bonds. The first-order valence-electron chi connectivity index (χ1n) is 7.01. The molecule has 0 aliphatic rings. The highest BCUT2D eigenvalue weighted by Gasteiger charge is 2.23. The lowest BCUT2D eigenvalue weighted by Crippen LogP contribution is -2.42. The predicted molar refractivity (Wildman–Crippen MR) is 79.6 cm³/mol. The molecule has 0 saturated heterocycles. The SMILES string of the molecule is CC(C)CN(CC(C)C)C(=O)C(N)c1ccccc1. The lowest BCUT2D eigenvalue weighted by molar-refractivity contribution is -0.133. The average molecular weight is 262 g/mol. The first-order valence-corrected chi connectivity index (χ1v) is 7.01. The minimum Gasteiger partial charge on any atom is -0.341 e. The molecule has 3 nitrogen and oxygen atoms in total. The Hall–Kier alpha value is -1.35. The van der Waals surface area contributed by atoms with E-state index in [1.807, 2.05) is 35.2 Å². The number of amides is 1. The molecule has 0 radical (unpaired) electrons. The second kappa shape index (κ2) is 7.29. The molecule has 106 valence electrons. The normalized spacial score (nSPS) is 12.8. The fraction of sp³-hybridized carbons (Fsp3) is 0.562. The summed E-state index contributed by atoms with van der Waals surface area (Å²) in [7, 11) is 0. The molecule has 0 aromatic heterocycles. The van der Waals surface area contributed by atoms with Gasteiger partial charge in [0, 0.05) is 13.1 Å². The molecule has 0 bridgehead atoms. The van der Waals surface area contributed by atoms with Crippen molar-refractivity contribution in [3.05, 3.63) is 35.9 Å². The van der Waals surface area contributed by atoms with Crippen LogP contribution in [-0.2, 0) is 4.79 Å². The summed E-state index contributed by atoms with van der Waals surface area (Å²) in [4.78, 5) is 14.4. The quantitative estimate of drug-likeness (QED) is 0.857. The number of hydrogen-bond donors (Lipinski definition) is 1. The molecule has 0 aliphatic heterocycles. The van der Waals surface area contributed by atoms with Crippen molar-refractivity contribution < 1.29 is 4.79 Å². The Labute approximate surface area is 116 Å². The van der Waals surface area contributed by atoms with Gasteiger partial charge in [0.25, 0.3) is 0 Å². The minimum absolute atomic E-state index is 0.0219. The zero-order chi connectivity index (χ0) is 14.4. The Kier molecular flexibility index (Phi) is 6.03. The van der Waals surface area contributed by atoms with Crippen LogP contribution in [-0.4, -0.2) is 23.9 Å². The van der Waals surface area contributed by atoms with Crippen LogP contribution in [0.1, 0.15) is 39.3 Å².